The first-order valence-corrected chi connectivity index (χ1v) is 15.2. The molecule has 10 nitrogen and oxygen atoms in total. The fourth-order valence-corrected chi connectivity index (χ4v) is 6.64. The van der Waals surface area contributed by atoms with E-state index in [0.717, 1.165) is 25.5 Å². The zero-order valence-corrected chi connectivity index (χ0v) is 25.6. The van der Waals surface area contributed by atoms with Gasteiger partial charge >= 0.3 is 6.01 Å². The van der Waals surface area contributed by atoms with Gasteiger partial charge in [-0.25, -0.2) is 13.2 Å². The molecule has 2 aliphatic heterocycles. The second-order valence-corrected chi connectivity index (χ2v) is 11.8. The summed E-state index contributed by atoms with van der Waals surface area (Å²) in [6.07, 6.45) is 3.19. The van der Waals surface area contributed by atoms with Crippen LogP contribution in [0.4, 0.5) is 24.7 Å². The number of amides is 1. The highest BCUT2D eigenvalue weighted by Gasteiger charge is 2.34. The van der Waals surface area contributed by atoms with E-state index in [2.05, 4.69) is 12.6 Å². The summed E-state index contributed by atoms with van der Waals surface area (Å²) in [5.74, 6) is -2.23. The number of nitrogen functional groups attached to an aromatic ring is 1. The molecule has 240 valence electrons. The van der Waals surface area contributed by atoms with Gasteiger partial charge < -0.3 is 24.7 Å². The number of furan rings is 1. The molecule has 4 heterocycles. The fourth-order valence-electron chi connectivity index (χ4n) is 6.43. The molecule has 1 amide bonds. The van der Waals surface area contributed by atoms with Crippen LogP contribution in [0.2, 0.25) is 5.02 Å². The molecule has 0 saturated carbocycles. The van der Waals surface area contributed by atoms with E-state index in [1.54, 1.807) is 18.2 Å². The van der Waals surface area contributed by atoms with Crippen LogP contribution < -0.4 is 15.4 Å². The topological polar surface area (TPSA) is 125 Å². The van der Waals surface area contributed by atoms with Gasteiger partial charge in [0, 0.05) is 48.9 Å². The van der Waals surface area contributed by atoms with Crippen LogP contribution in [0.25, 0.3) is 33.0 Å². The van der Waals surface area contributed by atoms with E-state index in [-0.39, 0.29) is 55.4 Å². The van der Waals surface area contributed by atoms with Gasteiger partial charge in [-0.15, -0.1) is 0 Å². The third-order valence-corrected chi connectivity index (χ3v) is 8.96. The molecular weight excluding hydrogens is 623 g/mol. The Morgan fingerprint density at radius 2 is 2.04 bits per heavy atom. The predicted molar refractivity (Wildman–Crippen MR) is 168 cm³/mol. The van der Waals surface area contributed by atoms with E-state index in [4.69, 9.17) is 36.5 Å². The third-order valence-electron chi connectivity index (χ3n) is 8.58. The van der Waals surface area contributed by atoms with Crippen LogP contribution in [0.15, 0.2) is 47.4 Å². The van der Waals surface area contributed by atoms with Crippen molar-refractivity contribution in [2.45, 2.75) is 31.3 Å². The predicted octanol–water partition coefficient (Wildman–Crippen LogP) is 5.64. The van der Waals surface area contributed by atoms with Crippen LogP contribution in [-0.2, 0) is 4.79 Å². The number of aromatic nitrogens is 2. The number of hydrogen-bond donors (Lipinski definition) is 1. The van der Waals surface area contributed by atoms with Crippen LogP contribution in [0.5, 0.6) is 6.01 Å². The molecule has 2 aromatic carbocycles. The minimum Gasteiger partial charge on any atom is -0.463 e. The lowest BCUT2D eigenvalue weighted by atomic mass is 9.98. The first-order valence-electron chi connectivity index (χ1n) is 14.9. The molecule has 4 aromatic rings. The van der Waals surface area contributed by atoms with Crippen molar-refractivity contribution in [3.8, 4) is 23.2 Å². The van der Waals surface area contributed by atoms with E-state index in [0.29, 0.717) is 45.4 Å². The maximum Gasteiger partial charge on any atom is 0.319 e. The molecule has 46 heavy (non-hydrogen) atoms. The lowest BCUT2D eigenvalue weighted by Crippen LogP contribution is -2.55. The second-order valence-electron chi connectivity index (χ2n) is 11.4. The third kappa shape index (κ3) is 5.90. The largest absolute Gasteiger partial charge is 0.463 e. The summed E-state index contributed by atoms with van der Waals surface area (Å²) in [7, 11) is 0. The normalized spacial score (nSPS) is 18.8. The summed E-state index contributed by atoms with van der Waals surface area (Å²) in [5, 5.41) is 10.5. The summed E-state index contributed by atoms with van der Waals surface area (Å²) >= 11 is 6.42. The average molecular weight is 654 g/mol. The minimum atomic E-state index is -1.10. The highest BCUT2D eigenvalue weighted by molar-refractivity contribution is 6.34. The molecule has 2 atom stereocenters. The number of alkyl halides is 1. The van der Waals surface area contributed by atoms with E-state index in [9.17, 15) is 23.2 Å². The first kappa shape index (κ1) is 31.4. The Morgan fingerprint density at radius 1 is 1.22 bits per heavy atom. The Balaban J connectivity index is 1.48. The number of benzene rings is 2. The number of nitrogens with two attached hydrogens (primary N) is 1. The van der Waals surface area contributed by atoms with Crippen molar-refractivity contribution >= 4 is 50.9 Å². The van der Waals surface area contributed by atoms with Gasteiger partial charge in [-0.1, -0.05) is 18.2 Å². The van der Waals surface area contributed by atoms with Crippen molar-refractivity contribution in [1.29, 1.82) is 5.26 Å². The lowest BCUT2D eigenvalue weighted by Gasteiger charge is -2.41. The van der Waals surface area contributed by atoms with Gasteiger partial charge in [0.25, 0.3) is 5.91 Å². The first-order chi connectivity index (χ1) is 22.2. The summed E-state index contributed by atoms with van der Waals surface area (Å²) in [4.78, 5) is 27.3. The van der Waals surface area contributed by atoms with Gasteiger partial charge in [0.2, 0.25) is 0 Å². The van der Waals surface area contributed by atoms with Crippen molar-refractivity contribution in [3.05, 3.63) is 53.8 Å². The Morgan fingerprint density at radius 3 is 2.80 bits per heavy atom. The molecule has 6 rings (SSSR count). The Kier molecular flexibility index (Phi) is 8.93. The number of likely N-dealkylation sites (tertiary alicyclic amines) is 1. The van der Waals surface area contributed by atoms with Gasteiger partial charge in [0.05, 0.1) is 40.7 Å². The molecule has 0 spiro atoms. The number of carbonyl (C=O) groups excluding carboxylic acids is 1. The highest BCUT2D eigenvalue weighted by Crippen LogP contribution is 2.43. The van der Waals surface area contributed by atoms with Crippen LogP contribution >= 0.6 is 11.6 Å². The van der Waals surface area contributed by atoms with Crippen molar-refractivity contribution in [1.82, 2.24) is 19.8 Å². The monoisotopic (exact) mass is 653 g/mol. The van der Waals surface area contributed by atoms with Crippen molar-refractivity contribution < 1.29 is 27.1 Å². The molecule has 2 saturated heterocycles. The number of ether oxygens (including phenoxy) is 1. The van der Waals surface area contributed by atoms with Gasteiger partial charge in [-0.3, -0.25) is 9.69 Å². The lowest BCUT2D eigenvalue weighted by molar-refractivity contribution is -0.131. The van der Waals surface area contributed by atoms with E-state index < -0.39 is 30.3 Å². The number of halogens is 4. The average Bonchev–Trinajstić information content (AvgIpc) is 3.71. The van der Waals surface area contributed by atoms with Gasteiger partial charge in [0.15, 0.2) is 5.83 Å². The zero-order chi connectivity index (χ0) is 32.5. The minimum absolute atomic E-state index is 0.0148. The van der Waals surface area contributed by atoms with Crippen LogP contribution in [0, 0.1) is 17.1 Å². The van der Waals surface area contributed by atoms with Gasteiger partial charge in [-0.2, -0.15) is 15.2 Å². The Labute approximate surface area is 267 Å². The number of nitriles is 1. The van der Waals surface area contributed by atoms with Gasteiger partial charge in [-0.05, 0) is 49.2 Å². The molecule has 2 N–H and O–H groups in total. The SMILES string of the molecule is C=C(F)C(=O)N1CCN(c2nc(OC[C@@H]3CCCN3CCF)nc3cc(-c4cc(N)cc(F)c4Cl)c4ccoc4c23)C[C@@H]1CC#N. The van der Waals surface area contributed by atoms with E-state index in [1.165, 1.54) is 11.2 Å². The maximum absolute atomic E-state index is 14.7. The fraction of sp³-hybridized carbons (Fsp3) is 0.375. The molecule has 0 radical (unpaired) electrons. The summed E-state index contributed by atoms with van der Waals surface area (Å²) in [5.41, 5.74) is 7.82. The number of nitrogens with zero attached hydrogens (tertiary/aromatic N) is 6. The molecule has 2 fully saturated rings. The van der Waals surface area contributed by atoms with Crippen molar-refractivity contribution in [3.63, 3.8) is 0 Å². The van der Waals surface area contributed by atoms with Crippen LogP contribution in [0.1, 0.15) is 19.3 Å². The summed E-state index contributed by atoms with van der Waals surface area (Å²) < 4.78 is 53.8. The maximum atomic E-state index is 14.7. The Hall–Kier alpha value is -4.54. The molecule has 0 aliphatic carbocycles. The zero-order valence-electron chi connectivity index (χ0n) is 24.8. The molecule has 0 bridgehead atoms. The van der Waals surface area contributed by atoms with Gasteiger partial charge in [0.1, 0.15) is 30.5 Å². The number of carbonyl (C=O) groups is 1. The number of rotatable bonds is 9. The molecule has 14 heteroatoms. The van der Waals surface area contributed by atoms with Crippen molar-refractivity contribution in [2.24, 2.45) is 0 Å². The molecule has 0 unspecified atom stereocenters. The number of anilines is 2. The summed E-state index contributed by atoms with van der Waals surface area (Å²) in [6, 6.07) is 7.62. The smallest absolute Gasteiger partial charge is 0.319 e. The molecular formula is C32H31ClF3N7O3. The second kappa shape index (κ2) is 13.1. The van der Waals surface area contributed by atoms with E-state index >= 15 is 0 Å². The quantitative estimate of drug-likeness (QED) is 0.180. The molecule has 2 aliphatic rings. The number of hydrogen-bond acceptors (Lipinski definition) is 9. The molecule has 2 aromatic heterocycles. The number of piperazine rings is 1. The van der Waals surface area contributed by atoms with Crippen LogP contribution in [-0.4, -0.2) is 83.8 Å². The number of fused-ring (bicyclic) bond motifs is 3. The van der Waals surface area contributed by atoms with E-state index in [1.807, 2.05) is 9.80 Å². The van der Waals surface area contributed by atoms with Crippen LogP contribution in [0.3, 0.4) is 0 Å². The standard InChI is InChI=1S/C32H31ClF3N7O3/c1-18(35)31(44)43-11-10-42(16-20(43)4-7-37)30-27-26(39-32(40-30)46-17-21-3-2-8-41(21)9-6-34)15-23(22-5-12-45-29(22)27)24-13-19(38)14-25(36)28(24)33/h5,12-15,20-21H,1-4,6,8-11,16-17,38H2/t20-,21-/m0/s1. The summed E-state index contributed by atoms with van der Waals surface area (Å²) in [6.45, 7) is 4.48. The Bertz CT molecular complexity index is 1860. The van der Waals surface area contributed by atoms with Crippen molar-refractivity contribution in [2.75, 3.05) is 56.6 Å². The highest BCUT2D eigenvalue weighted by atomic mass is 35.5.